The van der Waals surface area contributed by atoms with E-state index in [1.165, 1.54) is 12.1 Å². The molecule has 112 valence electrons. The van der Waals surface area contributed by atoms with Crippen molar-refractivity contribution in [2.24, 2.45) is 0 Å². The van der Waals surface area contributed by atoms with Gasteiger partial charge in [0, 0.05) is 18.3 Å². The van der Waals surface area contributed by atoms with Crippen LogP contribution in [0.1, 0.15) is 23.2 Å². The molecule has 1 aliphatic rings. The van der Waals surface area contributed by atoms with Crippen LogP contribution in [-0.4, -0.2) is 40.7 Å². The molecule has 1 atom stereocenters. The topological polar surface area (TPSA) is 128 Å². The second kappa shape index (κ2) is 6.12. The van der Waals surface area contributed by atoms with E-state index >= 15 is 0 Å². The van der Waals surface area contributed by atoms with Crippen molar-refractivity contribution >= 4 is 23.6 Å². The first-order valence-electron chi connectivity index (χ1n) is 6.39. The Morgan fingerprint density at radius 1 is 1.33 bits per heavy atom. The van der Waals surface area contributed by atoms with Crippen molar-refractivity contribution in [3.8, 4) is 5.75 Å². The number of carbonyl (C=O) groups is 3. The highest BCUT2D eigenvalue weighted by Crippen LogP contribution is 2.21. The van der Waals surface area contributed by atoms with E-state index in [2.05, 4.69) is 16.0 Å². The number of carboxylic acid groups (broad SMARTS) is 1. The fourth-order valence-corrected chi connectivity index (χ4v) is 2.03. The van der Waals surface area contributed by atoms with E-state index in [1.54, 1.807) is 0 Å². The summed E-state index contributed by atoms with van der Waals surface area (Å²) in [7, 11) is 0. The van der Waals surface area contributed by atoms with Crippen molar-refractivity contribution in [2.45, 2.75) is 18.9 Å². The highest BCUT2D eigenvalue weighted by Gasteiger charge is 2.23. The van der Waals surface area contributed by atoms with Crippen molar-refractivity contribution in [3.63, 3.8) is 0 Å². The van der Waals surface area contributed by atoms with E-state index in [0.717, 1.165) is 12.5 Å². The molecule has 0 aliphatic carbocycles. The smallest absolute Gasteiger partial charge is 0.339 e. The molecular formula is C13H15N3O5. The lowest BCUT2D eigenvalue weighted by molar-refractivity contribution is -0.124. The zero-order valence-electron chi connectivity index (χ0n) is 11.0. The normalized spacial score (nSPS) is 17.7. The number of hydrogen-bond acceptors (Lipinski definition) is 4. The van der Waals surface area contributed by atoms with Crippen LogP contribution < -0.4 is 16.0 Å². The summed E-state index contributed by atoms with van der Waals surface area (Å²) in [6, 6.07) is 2.47. The van der Waals surface area contributed by atoms with Gasteiger partial charge in [-0.25, -0.2) is 9.59 Å². The van der Waals surface area contributed by atoms with Crippen LogP contribution in [0.4, 0.5) is 10.5 Å². The molecule has 8 heteroatoms. The number of nitrogens with one attached hydrogen (secondary N) is 3. The Kier molecular flexibility index (Phi) is 4.27. The summed E-state index contributed by atoms with van der Waals surface area (Å²) in [4.78, 5) is 34.0. The minimum absolute atomic E-state index is 0.228. The van der Waals surface area contributed by atoms with Gasteiger partial charge in [0.05, 0.1) is 0 Å². The monoisotopic (exact) mass is 293 g/mol. The molecule has 2 rings (SSSR count). The number of hydrogen-bond donors (Lipinski definition) is 5. The van der Waals surface area contributed by atoms with Gasteiger partial charge in [0.15, 0.2) is 0 Å². The SMILES string of the molecule is O=C(Nc1ccc(C(=O)O)c(O)c1)NC1CCCNC1=O. The van der Waals surface area contributed by atoms with Gasteiger partial charge in [-0.15, -0.1) is 0 Å². The number of anilines is 1. The van der Waals surface area contributed by atoms with Crippen LogP contribution in [0, 0.1) is 0 Å². The lowest BCUT2D eigenvalue weighted by Gasteiger charge is -2.22. The minimum atomic E-state index is -1.26. The first-order chi connectivity index (χ1) is 9.97. The van der Waals surface area contributed by atoms with E-state index < -0.39 is 23.8 Å². The van der Waals surface area contributed by atoms with Gasteiger partial charge in [-0.1, -0.05) is 0 Å². The first-order valence-corrected chi connectivity index (χ1v) is 6.39. The number of phenols is 1. The Hall–Kier alpha value is -2.77. The lowest BCUT2D eigenvalue weighted by atomic mass is 10.1. The number of carbonyl (C=O) groups excluding carboxylic acids is 2. The van der Waals surface area contributed by atoms with Crippen LogP contribution in [0.2, 0.25) is 0 Å². The fraction of sp³-hybridized carbons (Fsp3) is 0.308. The number of aromatic carboxylic acids is 1. The minimum Gasteiger partial charge on any atom is -0.507 e. The molecule has 0 bridgehead atoms. The summed E-state index contributed by atoms with van der Waals surface area (Å²) in [6.07, 6.45) is 1.34. The number of rotatable bonds is 3. The number of benzene rings is 1. The number of urea groups is 1. The van der Waals surface area contributed by atoms with Gasteiger partial charge in [-0.05, 0) is 25.0 Å². The highest BCUT2D eigenvalue weighted by atomic mass is 16.4. The largest absolute Gasteiger partial charge is 0.507 e. The highest BCUT2D eigenvalue weighted by molar-refractivity contribution is 5.95. The van der Waals surface area contributed by atoms with Gasteiger partial charge in [-0.3, -0.25) is 4.79 Å². The molecule has 1 saturated heterocycles. The van der Waals surface area contributed by atoms with Crippen molar-refractivity contribution in [1.82, 2.24) is 10.6 Å². The van der Waals surface area contributed by atoms with E-state index in [0.29, 0.717) is 13.0 Å². The number of carboxylic acids is 1. The molecule has 0 saturated carbocycles. The molecule has 1 aromatic carbocycles. The van der Waals surface area contributed by atoms with Crippen molar-refractivity contribution in [1.29, 1.82) is 0 Å². The maximum Gasteiger partial charge on any atom is 0.339 e. The molecule has 0 aromatic heterocycles. The summed E-state index contributed by atoms with van der Waals surface area (Å²) < 4.78 is 0. The Morgan fingerprint density at radius 3 is 2.71 bits per heavy atom. The van der Waals surface area contributed by atoms with E-state index in [4.69, 9.17) is 5.11 Å². The second-order valence-corrected chi connectivity index (χ2v) is 4.62. The van der Waals surface area contributed by atoms with Crippen LogP contribution in [0.5, 0.6) is 5.75 Å². The average molecular weight is 293 g/mol. The van der Waals surface area contributed by atoms with Crippen molar-refractivity contribution in [2.75, 3.05) is 11.9 Å². The molecule has 0 spiro atoms. The number of amides is 3. The van der Waals surface area contributed by atoms with Crippen molar-refractivity contribution < 1.29 is 24.6 Å². The maximum absolute atomic E-state index is 11.8. The average Bonchev–Trinajstić information content (AvgIpc) is 2.41. The summed E-state index contributed by atoms with van der Waals surface area (Å²) in [6.45, 7) is 0.600. The third kappa shape index (κ3) is 3.62. The summed E-state index contributed by atoms with van der Waals surface area (Å²) in [5.74, 6) is -1.95. The molecular weight excluding hydrogens is 278 g/mol. The predicted octanol–water partition coefficient (Wildman–Crippen LogP) is 0.490. The van der Waals surface area contributed by atoms with Crippen LogP contribution in [0.25, 0.3) is 0 Å². The summed E-state index contributed by atoms with van der Waals surface area (Å²) >= 11 is 0. The van der Waals surface area contributed by atoms with Gasteiger partial charge in [0.2, 0.25) is 5.91 Å². The van der Waals surface area contributed by atoms with Crippen LogP contribution in [0.3, 0.4) is 0 Å². The fourth-order valence-electron chi connectivity index (χ4n) is 2.03. The van der Waals surface area contributed by atoms with Gasteiger partial charge < -0.3 is 26.2 Å². The molecule has 1 aromatic rings. The number of aromatic hydroxyl groups is 1. The third-order valence-electron chi connectivity index (χ3n) is 3.08. The van der Waals surface area contributed by atoms with E-state index in [1.807, 2.05) is 0 Å². The molecule has 1 fully saturated rings. The molecule has 1 unspecified atom stereocenters. The molecule has 1 aliphatic heterocycles. The zero-order chi connectivity index (χ0) is 15.4. The van der Waals surface area contributed by atoms with Crippen LogP contribution in [0.15, 0.2) is 18.2 Å². The Bertz CT molecular complexity index is 587. The lowest BCUT2D eigenvalue weighted by Crippen LogP contribution is -2.51. The molecule has 1 heterocycles. The second-order valence-electron chi connectivity index (χ2n) is 4.62. The molecule has 8 nitrogen and oxygen atoms in total. The Labute approximate surface area is 120 Å². The van der Waals surface area contributed by atoms with E-state index in [9.17, 15) is 19.5 Å². The maximum atomic E-state index is 11.8. The molecule has 3 amide bonds. The van der Waals surface area contributed by atoms with Gasteiger partial charge in [-0.2, -0.15) is 0 Å². The third-order valence-corrected chi connectivity index (χ3v) is 3.08. The van der Waals surface area contributed by atoms with Crippen molar-refractivity contribution in [3.05, 3.63) is 23.8 Å². The molecule has 5 N–H and O–H groups in total. The quantitative estimate of drug-likeness (QED) is 0.554. The van der Waals surface area contributed by atoms with Gasteiger partial charge >= 0.3 is 12.0 Å². The van der Waals surface area contributed by atoms with Crippen LogP contribution in [-0.2, 0) is 4.79 Å². The Balaban J connectivity index is 1.98. The molecule has 21 heavy (non-hydrogen) atoms. The van der Waals surface area contributed by atoms with Crippen LogP contribution >= 0.6 is 0 Å². The predicted molar refractivity (Wildman–Crippen MR) is 73.3 cm³/mol. The summed E-state index contributed by atoms with van der Waals surface area (Å²) in [5, 5.41) is 25.9. The Morgan fingerprint density at radius 2 is 2.10 bits per heavy atom. The van der Waals surface area contributed by atoms with E-state index in [-0.39, 0.29) is 17.2 Å². The first kappa shape index (κ1) is 14.6. The summed E-state index contributed by atoms with van der Waals surface area (Å²) in [5.41, 5.74) is -0.0289. The number of piperidine rings is 1. The molecule has 0 radical (unpaired) electrons. The standard InChI is InChI=1S/C13H15N3O5/c17-10-6-7(3-4-8(10)12(19)20)15-13(21)16-9-2-1-5-14-11(9)18/h3-4,6,9,17H,1-2,5H2,(H,14,18)(H,19,20)(H2,15,16,21). The van der Waals surface area contributed by atoms with Gasteiger partial charge in [0.25, 0.3) is 0 Å². The zero-order valence-corrected chi connectivity index (χ0v) is 11.0. The van der Waals surface area contributed by atoms with Gasteiger partial charge in [0.1, 0.15) is 17.4 Å².